The Morgan fingerprint density at radius 1 is 0.206 bits per heavy atom. The summed E-state index contributed by atoms with van der Waals surface area (Å²) < 4.78 is 44.4. The molecular formula is H24K9O20P5. The molecule has 0 aliphatic carbocycles. The van der Waals surface area contributed by atoms with E-state index in [1.54, 1.807) is 0 Å². The summed E-state index contributed by atoms with van der Waals surface area (Å²) in [6.45, 7) is 0. The van der Waals surface area contributed by atoms with Gasteiger partial charge in [-0.25, -0.2) is 22.8 Å². The Kier molecular flexibility index (Phi) is 143. The van der Waals surface area contributed by atoms with E-state index in [2.05, 4.69) is 0 Å². The molecule has 0 atom stereocenters. The van der Waals surface area contributed by atoms with E-state index >= 15 is 0 Å². The van der Waals surface area contributed by atoms with E-state index in [9.17, 15) is 0 Å². The van der Waals surface area contributed by atoms with Gasteiger partial charge in [-0.05, 0) is 0 Å². The number of phosphoric acid groups is 5. The second kappa shape index (κ2) is 52.6. The Balaban J connectivity index is -0.0000000115. The fourth-order valence-corrected chi connectivity index (χ4v) is 0. The molecule has 0 saturated heterocycles. The van der Waals surface area contributed by atoms with E-state index in [0.29, 0.717) is 0 Å². The molecule has 0 fully saturated rings. The third kappa shape index (κ3) is 434. The van der Waals surface area contributed by atoms with Crippen LogP contribution in [0.5, 0.6) is 0 Å². The first-order valence-electron chi connectivity index (χ1n) is 3.91. The zero-order valence-corrected chi connectivity index (χ0v) is 15.5. The maximum absolute atomic E-state index is 8.88. The molecule has 0 radical (unpaired) electrons. The second-order valence-corrected chi connectivity index (χ2v) is 7.70. The van der Waals surface area contributed by atoms with E-state index in [-0.39, 0.29) is 462 Å². The molecule has 34 heteroatoms. The van der Waals surface area contributed by atoms with Gasteiger partial charge in [-0.1, -0.05) is 0 Å². The molecule has 0 aliphatic heterocycles. The van der Waals surface area contributed by atoms with Gasteiger partial charge < -0.3 is 73.4 Å². The number of hydrogen-bond acceptors (Lipinski definition) is 5. The molecule has 0 rings (SSSR count). The van der Waals surface area contributed by atoms with Crippen LogP contribution in [0.1, 0.15) is 0 Å². The third-order valence-corrected chi connectivity index (χ3v) is 0. The van der Waals surface area contributed by atoms with Crippen molar-refractivity contribution in [2.24, 2.45) is 0 Å². The summed E-state index contributed by atoms with van der Waals surface area (Å²) in [6.07, 6.45) is 0. The van der Waals surface area contributed by atoms with Crippen LogP contribution < -0.4 is 0 Å². The third-order valence-electron chi connectivity index (χ3n) is 0. The van der Waals surface area contributed by atoms with Crippen molar-refractivity contribution in [3.05, 3.63) is 0 Å². The fraction of sp³-hybridized carbons (Fsp3) is 0. The standard InChI is InChI=1S/9K.5H3O4P.9H/c;;;;;;;;;5*1-5(2,3)4;;;;;;;;;/h;;;;;;;;;5*(H3,1,2,3,4);;;;;;;;;. The molecule has 0 spiro atoms. The average Bonchev–Trinajstić information content (AvgIpc) is 1.79. The van der Waals surface area contributed by atoms with Crippen LogP contribution in [0, 0.1) is 0 Å². The van der Waals surface area contributed by atoms with Crippen molar-refractivity contribution < 1.29 is 96.2 Å². The van der Waals surface area contributed by atoms with Crippen LogP contribution in [0.3, 0.4) is 0 Å². The summed E-state index contributed by atoms with van der Waals surface area (Å²) in [5.41, 5.74) is 0. The van der Waals surface area contributed by atoms with Gasteiger partial charge in [0.05, 0.1) is 0 Å². The van der Waals surface area contributed by atoms with Crippen molar-refractivity contribution in [3.63, 3.8) is 0 Å². The summed E-state index contributed by atoms with van der Waals surface area (Å²) in [6, 6.07) is 0. The van der Waals surface area contributed by atoms with Crippen LogP contribution >= 0.6 is 39.1 Å². The molecule has 0 bridgehead atoms. The average molecular weight is 851 g/mol. The van der Waals surface area contributed by atoms with Crippen molar-refractivity contribution in [2.45, 2.75) is 0 Å². The molecule has 0 aromatic heterocycles. The summed E-state index contributed by atoms with van der Waals surface area (Å²) in [4.78, 5) is 108. The Bertz CT molecular complexity index is 393. The molecule has 0 unspecified atom stereocenters. The molecule has 0 aliphatic rings. The second-order valence-electron chi connectivity index (χ2n) is 2.57. The zero-order chi connectivity index (χ0) is 22.5. The van der Waals surface area contributed by atoms with Crippen LogP contribution in [0.25, 0.3) is 0 Å². The molecule has 15 N–H and O–H groups in total. The van der Waals surface area contributed by atoms with E-state index < -0.39 is 39.1 Å². The summed E-state index contributed by atoms with van der Waals surface area (Å²) >= 11 is 0. The summed E-state index contributed by atoms with van der Waals surface area (Å²) in [7, 11) is -23.2. The van der Waals surface area contributed by atoms with Gasteiger partial charge in [0.1, 0.15) is 0 Å². The van der Waals surface area contributed by atoms with E-state index in [0.717, 1.165) is 0 Å². The quantitative estimate of drug-likeness (QED) is 0.0795. The van der Waals surface area contributed by atoms with Gasteiger partial charge in [-0.3, -0.25) is 0 Å². The Morgan fingerprint density at radius 3 is 0.206 bits per heavy atom. The number of hydrogen-bond donors (Lipinski definition) is 15. The SMILES string of the molecule is O=P(O)(O)O.O=P(O)(O)O.O=P(O)(O)O.O=P(O)(O)O.O=P(O)(O)O.[KH].[KH].[KH].[KH].[KH].[KH].[KH].[KH].[KH]. The normalized spacial score (nSPS) is 8.68. The van der Waals surface area contributed by atoms with Gasteiger partial charge in [0.15, 0.2) is 0 Å². The van der Waals surface area contributed by atoms with Crippen LogP contribution in [0.15, 0.2) is 0 Å². The van der Waals surface area contributed by atoms with Crippen molar-refractivity contribution in [2.75, 3.05) is 0 Å². The fourth-order valence-electron chi connectivity index (χ4n) is 0. The van der Waals surface area contributed by atoms with E-state index in [4.69, 9.17) is 96.2 Å². The molecule has 0 aromatic rings. The van der Waals surface area contributed by atoms with Crippen LogP contribution in [-0.4, -0.2) is 536 Å². The van der Waals surface area contributed by atoms with Crippen LogP contribution in [-0.2, 0) is 22.8 Å². The molecular weight excluding hydrogens is 827 g/mol. The predicted molar refractivity (Wildman–Crippen MR) is 136 cm³/mol. The molecule has 0 aromatic carbocycles. The van der Waals surface area contributed by atoms with Crippen molar-refractivity contribution >= 4 is 502 Å². The van der Waals surface area contributed by atoms with Crippen molar-refractivity contribution in [3.8, 4) is 0 Å². The number of rotatable bonds is 0. The van der Waals surface area contributed by atoms with Crippen molar-refractivity contribution in [1.82, 2.24) is 0 Å². The van der Waals surface area contributed by atoms with Gasteiger partial charge in [0.2, 0.25) is 0 Å². The van der Waals surface area contributed by atoms with E-state index in [1.807, 2.05) is 0 Å². The van der Waals surface area contributed by atoms with Gasteiger partial charge in [-0.15, -0.1) is 0 Å². The van der Waals surface area contributed by atoms with Gasteiger partial charge in [0.25, 0.3) is 0 Å². The molecule has 34 heavy (non-hydrogen) atoms. The minimum absolute atomic E-state index is 0. The maximum atomic E-state index is 8.88. The first-order valence-corrected chi connectivity index (χ1v) is 11.7. The first kappa shape index (κ1) is 92.3. The molecule has 0 amide bonds. The minimum atomic E-state index is -4.64. The van der Waals surface area contributed by atoms with Gasteiger partial charge in [0, 0.05) is 0 Å². The van der Waals surface area contributed by atoms with Gasteiger partial charge >= 0.3 is 502 Å². The molecule has 0 saturated carbocycles. The van der Waals surface area contributed by atoms with Crippen LogP contribution in [0.4, 0.5) is 0 Å². The van der Waals surface area contributed by atoms with Crippen molar-refractivity contribution in [1.29, 1.82) is 0 Å². The predicted octanol–water partition coefficient (Wildman–Crippen LogP) is -10.5. The zero-order valence-electron chi connectivity index (χ0n) is 11.0. The Morgan fingerprint density at radius 2 is 0.206 bits per heavy atom. The molecule has 20 nitrogen and oxygen atoms in total. The molecule has 0 heterocycles. The van der Waals surface area contributed by atoms with E-state index in [1.165, 1.54) is 0 Å². The summed E-state index contributed by atoms with van der Waals surface area (Å²) in [5, 5.41) is 0. The van der Waals surface area contributed by atoms with Gasteiger partial charge in [-0.2, -0.15) is 0 Å². The summed E-state index contributed by atoms with van der Waals surface area (Å²) in [5.74, 6) is 0. The Hall–Kier alpha value is 15.3. The topological polar surface area (TPSA) is 389 Å². The Labute approximate surface area is 576 Å². The monoisotopic (exact) mass is 850 g/mol. The first-order chi connectivity index (χ1) is 10.0. The van der Waals surface area contributed by atoms with Crippen LogP contribution in [0.2, 0.25) is 0 Å². The molecule has 178 valence electrons.